The highest BCUT2D eigenvalue weighted by molar-refractivity contribution is 7.92. The number of carbonyl (C=O) groups is 2. The normalized spacial score (nSPS) is 24.8. The molecule has 21 heavy (non-hydrogen) atoms. The van der Waals surface area contributed by atoms with Gasteiger partial charge in [0.15, 0.2) is 9.84 Å². The lowest BCUT2D eigenvalue weighted by Gasteiger charge is -2.39. The van der Waals surface area contributed by atoms with E-state index in [9.17, 15) is 18.0 Å². The van der Waals surface area contributed by atoms with E-state index in [1.165, 1.54) is 26.4 Å². The van der Waals surface area contributed by atoms with E-state index in [0.29, 0.717) is 0 Å². The van der Waals surface area contributed by atoms with Gasteiger partial charge in [-0.1, -0.05) is 18.2 Å². The van der Waals surface area contributed by atoms with E-state index in [0.717, 1.165) is 0 Å². The van der Waals surface area contributed by atoms with Gasteiger partial charge in [0.05, 0.1) is 36.2 Å². The number of methoxy groups -OCH3 is 2. The van der Waals surface area contributed by atoms with Crippen molar-refractivity contribution >= 4 is 21.8 Å². The predicted molar refractivity (Wildman–Crippen MR) is 73.0 cm³/mol. The largest absolute Gasteiger partial charge is 0.469 e. The Balaban J connectivity index is 2.32. The maximum Gasteiger partial charge on any atom is 0.310 e. The number of carbonyl (C=O) groups excluding carboxylic acids is 2. The van der Waals surface area contributed by atoms with Gasteiger partial charge < -0.3 is 9.47 Å². The molecule has 3 atom stereocenters. The van der Waals surface area contributed by atoms with E-state index < -0.39 is 38.9 Å². The summed E-state index contributed by atoms with van der Waals surface area (Å²) in [7, 11) is -1.32. The summed E-state index contributed by atoms with van der Waals surface area (Å²) in [5.41, 5.74) is 0. The summed E-state index contributed by atoms with van der Waals surface area (Å²) in [5.74, 6) is -3.09. The minimum absolute atomic E-state index is 0.0592. The number of benzene rings is 1. The van der Waals surface area contributed by atoms with Crippen LogP contribution in [0.2, 0.25) is 0 Å². The van der Waals surface area contributed by atoms with Crippen molar-refractivity contribution in [3.05, 3.63) is 30.3 Å². The van der Waals surface area contributed by atoms with Crippen LogP contribution in [-0.4, -0.2) is 39.8 Å². The van der Waals surface area contributed by atoms with Crippen molar-refractivity contribution in [1.82, 2.24) is 0 Å². The molecule has 1 aromatic rings. The van der Waals surface area contributed by atoms with Gasteiger partial charge in [-0.25, -0.2) is 8.42 Å². The standard InChI is InChI=1S/C14H16O6S/c1-19-13(15)10-8-11(12(10)14(16)20-2)21(17,18)9-6-4-3-5-7-9/h3-7,10-12H,8H2,1-2H3. The third-order valence-corrected chi connectivity index (χ3v) is 5.98. The Labute approximate surface area is 123 Å². The van der Waals surface area contributed by atoms with Gasteiger partial charge in [-0.3, -0.25) is 9.59 Å². The van der Waals surface area contributed by atoms with E-state index in [2.05, 4.69) is 9.47 Å². The second-order valence-electron chi connectivity index (χ2n) is 4.81. The van der Waals surface area contributed by atoms with Crippen LogP contribution >= 0.6 is 0 Å². The average molecular weight is 312 g/mol. The Hall–Kier alpha value is -1.89. The van der Waals surface area contributed by atoms with Gasteiger partial charge in [0.1, 0.15) is 0 Å². The van der Waals surface area contributed by atoms with Crippen LogP contribution in [0.4, 0.5) is 0 Å². The predicted octanol–water partition coefficient (Wildman–Crippen LogP) is 0.811. The number of esters is 2. The quantitative estimate of drug-likeness (QED) is 0.765. The monoisotopic (exact) mass is 312 g/mol. The molecule has 0 saturated heterocycles. The summed E-state index contributed by atoms with van der Waals surface area (Å²) in [4.78, 5) is 23.6. The molecule has 2 rings (SSSR count). The third kappa shape index (κ3) is 2.65. The second-order valence-corrected chi connectivity index (χ2v) is 6.98. The van der Waals surface area contributed by atoms with Crippen molar-refractivity contribution in [2.24, 2.45) is 11.8 Å². The van der Waals surface area contributed by atoms with Crippen molar-refractivity contribution in [2.75, 3.05) is 14.2 Å². The highest BCUT2D eigenvalue weighted by Crippen LogP contribution is 2.43. The van der Waals surface area contributed by atoms with Crippen LogP contribution in [0, 0.1) is 11.8 Å². The van der Waals surface area contributed by atoms with Crippen molar-refractivity contribution in [3.63, 3.8) is 0 Å². The summed E-state index contributed by atoms with van der Waals surface area (Å²) in [6.07, 6.45) is 0.0592. The van der Waals surface area contributed by atoms with E-state index in [1.807, 2.05) is 0 Å². The van der Waals surface area contributed by atoms with E-state index in [4.69, 9.17) is 0 Å². The highest BCUT2D eigenvalue weighted by Gasteiger charge is 2.56. The Morgan fingerprint density at radius 1 is 1.05 bits per heavy atom. The number of sulfone groups is 1. The molecular formula is C14H16O6S. The lowest BCUT2D eigenvalue weighted by molar-refractivity contribution is -0.163. The summed E-state index contributed by atoms with van der Waals surface area (Å²) < 4.78 is 34.3. The SMILES string of the molecule is COC(=O)C1CC(S(=O)(=O)c2ccccc2)C1C(=O)OC. The van der Waals surface area contributed by atoms with Gasteiger partial charge in [-0.05, 0) is 18.6 Å². The van der Waals surface area contributed by atoms with Gasteiger partial charge in [0, 0.05) is 0 Å². The van der Waals surface area contributed by atoms with Gasteiger partial charge in [-0.15, -0.1) is 0 Å². The second kappa shape index (κ2) is 5.85. The molecule has 0 radical (unpaired) electrons. The topological polar surface area (TPSA) is 86.7 Å². The van der Waals surface area contributed by atoms with Crippen molar-refractivity contribution in [3.8, 4) is 0 Å². The Kier molecular flexibility index (Phi) is 4.32. The molecule has 0 bridgehead atoms. The lowest BCUT2D eigenvalue weighted by Crippen LogP contribution is -2.54. The summed E-state index contributed by atoms with van der Waals surface area (Å²) in [6.45, 7) is 0. The van der Waals surface area contributed by atoms with Crippen LogP contribution in [0.15, 0.2) is 35.2 Å². The van der Waals surface area contributed by atoms with Gasteiger partial charge >= 0.3 is 11.9 Å². The van der Waals surface area contributed by atoms with Gasteiger partial charge in [0.25, 0.3) is 0 Å². The molecule has 6 nitrogen and oxygen atoms in total. The number of hydrogen-bond acceptors (Lipinski definition) is 6. The zero-order valence-electron chi connectivity index (χ0n) is 11.7. The molecule has 114 valence electrons. The molecule has 0 heterocycles. The average Bonchev–Trinajstić information content (AvgIpc) is 2.46. The molecule has 0 aliphatic heterocycles. The van der Waals surface area contributed by atoms with Crippen molar-refractivity contribution in [1.29, 1.82) is 0 Å². The molecule has 3 unspecified atom stereocenters. The molecule has 7 heteroatoms. The van der Waals surface area contributed by atoms with Crippen LogP contribution in [0.5, 0.6) is 0 Å². The molecule has 1 aliphatic rings. The van der Waals surface area contributed by atoms with Gasteiger partial charge in [-0.2, -0.15) is 0 Å². The zero-order chi connectivity index (χ0) is 15.6. The third-order valence-electron chi connectivity index (χ3n) is 3.77. The van der Waals surface area contributed by atoms with Crippen LogP contribution in [-0.2, 0) is 28.9 Å². The van der Waals surface area contributed by atoms with Crippen LogP contribution in [0.1, 0.15) is 6.42 Å². The minimum Gasteiger partial charge on any atom is -0.469 e. The molecule has 0 amide bonds. The molecule has 1 aliphatic carbocycles. The van der Waals surface area contributed by atoms with Crippen LogP contribution < -0.4 is 0 Å². The van der Waals surface area contributed by atoms with Crippen molar-refractivity contribution in [2.45, 2.75) is 16.6 Å². The molecule has 0 N–H and O–H groups in total. The number of ether oxygens (including phenoxy) is 2. The summed E-state index contributed by atoms with van der Waals surface area (Å²) >= 11 is 0. The summed E-state index contributed by atoms with van der Waals surface area (Å²) in [5, 5.41) is -0.962. The molecule has 0 spiro atoms. The summed E-state index contributed by atoms with van der Waals surface area (Å²) in [6, 6.07) is 7.85. The molecule has 1 aromatic carbocycles. The maximum absolute atomic E-state index is 12.5. The van der Waals surface area contributed by atoms with E-state index in [-0.39, 0.29) is 11.3 Å². The van der Waals surface area contributed by atoms with Crippen molar-refractivity contribution < 1.29 is 27.5 Å². The Bertz CT molecular complexity index is 637. The Morgan fingerprint density at radius 2 is 1.62 bits per heavy atom. The fourth-order valence-corrected chi connectivity index (χ4v) is 4.59. The zero-order valence-corrected chi connectivity index (χ0v) is 12.5. The number of hydrogen-bond donors (Lipinski definition) is 0. The number of rotatable bonds is 4. The Morgan fingerprint density at radius 3 is 2.14 bits per heavy atom. The lowest BCUT2D eigenvalue weighted by atomic mass is 9.73. The first-order chi connectivity index (χ1) is 9.93. The first-order valence-corrected chi connectivity index (χ1v) is 7.92. The minimum atomic E-state index is -3.69. The van der Waals surface area contributed by atoms with E-state index >= 15 is 0 Å². The molecule has 1 saturated carbocycles. The smallest absolute Gasteiger partial charge is 0.310 e. The van der Waals surface area contributed by atoms with Gasteiger partial charge in [0.2, 0.25) is 0 Å². The van der Waals surface area contributed by atoms with E-state index in [1.54, 1.807) is 18.2 Å². The highest BCUT2D eigenvalue weighted by atomic mass is 32.2. The molecule has 0 aromatic heterocycles. The maximum atomic E-state index is 12.5. The first-order valence-electron chi connectivity index (χ1n) is 6.38. The molecular weight excluding hydrogens is 296 g/mol. The fourth-order valence-electron chi connectivity index (χ4n) is 2.56. The molecule has 1 fully saturated rings. The fraction of sp³-hybridized carbons (Fsp3) is 0.429. The first kappa shape index (κ1) is 15.5. The van der Waals surface area contributed by atoms with Crippen LogP contribution in [0.25, 0.3) is 0 Å². The van der Waals surface area contributed by atoms with Crippen LogP contribution in [0.3, 0.4) is 0 Å².